The highest BCUT2D eigenvalue weighted by Crippen LogP contribution is 2.16. The van der Waals surface area contributed by atoms with E-state index in [1.54, 1.807) is 19.4 Å². The fourth-order valence-electron chi connectivity index (χ4n) is 1.45. The predicted molar refractivity (Wildman–Crippen MR) is 60.9 cm³/mol. The summed E-state index contributed by atoms with van der Waals surface area (Å²) in [6.45, 7) is 2.94. The standard InChI is InChI=1S/C10H14N6/c1-3-6-16-9(7-13-15-16)8-4-5-12-10(11-2)14-8/h4-5,7H,3,6H2,1-2H3,(H,11,12,14). The summed E-state index contributed by atoms with van der Waals surface area (Å²) in [6.07, 6.45) is 4.45. The van der Waals surface area contributed by atoms with Crippen LogP contribution in [0, 0.1) is 0 Å². The molecule has 0 saturated carbocycles. The second-order valence-corrected chi connectivity index (χ2v) is 3.36. The van der Waals surface area contributed by atoms with Crippen molar-refractivity contribution in [3.05, 3.63) is 18.5 Å². The first-order valence-corrected chi connectivity index (χ1v) is 5.24. The first-order chi connectivity index (χ1) is 7.85. The normalized spacial score (nSPS) is 10.4. The van der Waals surface area contributed by atoms with Gasteiger partial charge in [0.2, 0.25) is 5.95 Å². The third-order valence-electron chi connectivity index (χ3n) is 2.19. The van der Waals surface area contributed by atoms with Crippen LogP contribution in [-0.2, 0) is 6.54 Å². The van der Waals surface area contributed by atoms with Gasteiger partial charge in [-0.15, -0.1) is 5.10 Å². The minimum atomic E-state index is 0.599. The van der Waals surface area contributed by atoms with Gasteiger partial charge in [0.15, 0.2) is 0 Å². The molecule has 0 aliphatic carbocycles. The van der Waals surface area contributed by atoms with Crippen LogP contribution in [0.5, 0.6) is 0 Å². The van der Waals surface area contributed by atoms with Crippen LogP contribution in [0.1, 0.15) is 13.3 Å². The minimum absolute atomic E-state index is 0.599. The average molecular weight is 218 g/mol. The van der Waals surface area contributed by atoms with Crippen molar-refractivity contribution in [2.75, 3.05) is 12.4 Å². The molecule has 6 heteroatoms. The Morgan fingerprint density at radius 3 is 3.06 bits per heavy atom. The van der Waals surface area contributed by atoms with Gasteiger partial charge in [-0.25, -0.2) is 14.6 Å². The Hall–Kier alpha value is -1.98. The molecule has 0 radical (unpaired) electrons. The number of aryl methyl sites for hydroxylation is 1. The maximum atomic E-state index is 4.35. The summed E-state index contributed by atoms with van der Waals surface area (Å²) < 4.78 is 1.85. The van der Waals surface area contributed by atoms with Gasteiger partial charge < -0.3 is 5.32 Å². The largest absolute Gasteiger partial charge is 0.357 e. The van der Waals surface area contributed by atoms with Gasteiger partial charge in [0, 0.05) is 19.8 Å². The Morgan fingerprint density at radius 1 is 1.44 bits per heavy atom. The average Bonchev–Trinajstić information content (AvgIpc) is 2.78. The molecule has 0 fully saturated rings. The monoisotopic (exact) mass is 218 g/mol. The van der Waals surface area contributed by atoms with Gasteiger partial charge >= 0.3 is 0 Å². The molecule has 16 heavy (non-hydrogen) atoms. The van der Waals surface area contributed by atoms with Crippen LogP contribution in [-0.4, -0.2) is 32.0 Å². The summed E-state index contributed by atoms with van der Waals surface area (Å²) in [5.41, 5.74) is 1.75. The van der Waals surface area contributed by atoms with Crippen molar-refractivity contribution in [2.24, 2.45) is 0 Å². The molecule has 2 aromatic heterocycles. The van der Waals surface area contributed by atoms with Crippen molar-refractivity contribution in [1.29, 1.82) is 0 Å². The van der Waals surface area contributed by atoms with Crippen LogP contribution in [0.25, 0.3) is 11.4 Å². The van der Waals surface area contributed by atoms with Crippen LogP contribution in [0.4, 0.5) is 5.95 Å². The van der Waals surface area contributed by atoms with E-state index in [0.29, 0.717) is 5.95 Å². The topological polar surface area (TPSA) is 68.5 Å². The fraction of sp³-hybridized carbons (Fsp3) is 0.400. The molecule has 0 aliphatic rings. The van der Waals surface area contributed by atoms with Gasteiger partial charge in [0.1, 0.15) is 5.69 Å². The molecule has 0 spiro atoms. The Kier molecular flexibility index (Phi) is 3.09. The van der Waals surface area contributed by atoms with Crippen LogP contribution in [0.15, 0.2) is 18.5 Å². The highest BCUT2D eigenvalue weighted by molar-refractivity contribution is 5.54. The highest BCUT2D eigenvalue weighted by Gasteiger charge is 2.07. The van der Waals surface area contributed by atoms with Crippen LogP contribution in [0.2, 0.25) is 0 Å². The maximum Gasteiger partial charge on any atom is 0.222 e. The van der Waals surface area contributed by atoms with Gasteiger partial charge in [-0.2, -0.15) is 0 Å². The van der Waals surface area contributed by atoms with E-state index in [1.807, 2.05) is 10.7 Å². The number of rotatable bonds is 4. The SMILES string of the molecule is CCCn1nncc1-c1ccnc(NC)n1. The first kappa shape index (κ1) is 10.5. The lowest BCUT2D eigenvalue weighted by Crippen LogP contribution is -2.03. The summed E-state index contributed by atoms with van der Waals surface area (Å²) in [7, 11) is 1.79. The van der Waals surface area contributed by atoms with Gasteiger partial charge in [-0.1, -0.05) is 12.1 Å². The molecule has 6 nitrogen and oxygen atoms in total. The zero-order valence-corrected chi connectivity index (χ0v) is 9.38. The zero-order chi connectivity index (χ0) is 11.4. The van der Waals surface area contributed by atoms with E-state index in [0.717, 1.165) is 24.4 Å². The second kappa shape index (κ2) is 4.69. The molecule has 1 N–H and O–H groups in total. The summed E-state index contributed by atoms with van der Waals surface area (Å²) in [5, 5.41) is 10.8. The summed E-state index contributed by atoms with van der Waals surface area (Å²) >= 11 is 0. The summed E-state index contributed by atoms with van der Waals surface area (Å²) in [5.74, 6) is 0.599. The Labute approximate surface area is 93.7 Å². The van der Waals surface area contributed by atoms with E-state index in [-0.39, 0.29) is 0 Å². The van der Waals surface area contributed by atoms with E-state index in [9.17, 15) is 0 Å². The third-order valence-corrected chi connectivity index (χ3v) is 2.19. The molecular weight excluding hydrogens is 204 g/mol. The van der Waals surface area contributed by atoms with Crippen molar-refractivity contribution in [1.82, 2.24) is 25.0 Å². The maximum absolute atomic E-state index is 4.35. The van der Waals surface area contributed by atoms with Crippen LogP contribution < -0.4 is 5.32 Å². The Balaban J connectivity index is 2.37. The Morgan fingerprint density at radius 2 is 2.31 bits per heavy atom. The zero-order valence-electron chi connectivity index (χ0n) is 9.38. The summed E-state index contributed by atoms with van der Waals surface area (Å²) in [4.78, 5) is 8.42. The van der Waals surface area contributed by atoms with Crippen molar-refractivity contribution in [2.45, 2.75) is 19.9 Å². The number of aromatic nitrogens is 5. The molecule has 0 bridgehead atoms. The number of nitrogens with one attached hydrogen (secondary N) is 1. The molecule has 0 saturated heterocycles. The molecular formula is C10H14N6. The van der Waals surface area contributed by atoms with Crippen molar-refractivity contribution in [3.8, 4) is 11.4 Å². The van der Waals surface area contributed by atoms with Gasteiger partial charge in [0.25, 0.3) is 0 Å². The Bertz CT molecular complexity index is 464. The number of hydrogen-bond acceptors (Lipinski definition) is 5. The van der Waals surface area contributed by atoms with E-state index in [2.05, 4.69) is 32.5 Å². The van der Waals surface area contributed by atoms with E-state index < -0.39 is 0 Å². The molecule has 2 rings (SSSR count). The van der Waals surface area contributed by atoms with Crippen LogP contribution in [0.3, 0.4) is 0 Å². The second-order valence-electron chi connectivity index (χ2n) is 3.36. The molecule has 0 aliphatic heterocycles. The lowest BCUT2D eigenvalue weighted by atomic mass is 10.3. The number of hydrogen-bond donors (Lipinski definition) is 1. The highest BCUT2D eigenvalue weighted by atomic mass is 15.4. The molecule has 0 aromatic carbocycles. The lowest BCUT2D eigenvalue weighted by Gasteiger charge is -2.04. The summed E-state index contributed by atoms with van der Waals surface area (Å²) in [6, 6.07) is 1.85. The molecule has 0 unspecified atom stereocenters. The van der Waals surface area contributed by atoms with Gasteiger partial charge in [-0.3, -0.25) is 0 Å². The molecule has 2 aromatic rings. The van der Waals surface area contributed by atoms with Gasteiger partial charge in [-0.05, 0) is 12.5 Å². The molecule has 0 amide bonds. The number of nitrogens with zero attached hydrogens (tertiary/aromatic N) is 5. The minimum Gasteiger partial charge on any atom is -0.357 e. The van der Waals surface area contributed by atoms with Crippen LogP contribution >= 0.6 is 0 Å². The van der Waals surface area contributed by atoms with Crippen molar-refractivity contribution in [3.63, 3.8) is 0 Å². The third kappa shape index (κ3) is 2.00. The lowest BCUT2D eigenvalue weighted by molar-refractivity contribution is 0.583. The van der Waals surface area contributed by atoms with E-state index >= 15 is 0 Å². The molecule has 0 atom stereocenters. The van der Waals surface area contributed by atoms with Crippen molar-refractivity contribution >= 4 is 5.95 Å². The molecule has 2 heterocycles. The smallest absolute Gasteiger partial charge is 0.222 e. The number of anilines is 1. The van der Waals surface area contributed by atoms with E-state index in [1.165, 1.54) is 0 Å². The van der Waals surface area contributed by atoms with E-state index in [4.69, 9.17) is 0 Å². The van der Waals surface area contributed by atoms with Gasteiger partial charge in [0.05, 0.1) is 11.9 Å². The fourth-order valence-corrected chi connectivity index (χ4v) is 1.45. The van der Waals surface area contributed by atoms with Crippen molar-refractivity contribution < 1.29 is 0 Å². The first-order valence-electron chi connectivity index (χ1n) is 5.24. The predicted octanol–water partition coefficient (Wildman–Crippen LogP) is 1.19. The quantitative estimate of drug-likeness (QED) is 0.834. The molecule has 84 valence electrons.